The number of hydrogen-bond donors (Lipinski definition) is 1. The first kappa shape index (κ1) is 13.2. The van der Waals surface area contributed by atoms with E-state index in [1.54, 1.807) is 0 Å². The van der Waals surface area contributed by atoms with Crippen molar-refractivity contribution in [2.24, 2.45) is 5.41 Å². The number of pyridine rings is 1. The zero-order valence-corrected chi connectivity index (χ0v) is 12.0. The zero-order chi connectivity index (χ0) is 13.2. The van der Waals surface area contributed by atoms with Crippen molar-refractivity contribution in [2.75, 3.05) is 23.3 Å². The van der Waals surface area contributed by atoms with E-state index in [1.165, 1.54) is 12.8 Å². The second-order valence-corrected chi connectivity index (χ2v) is 5.60. The van der Waals surface area contributed by atoms with Gasteiger partial charge in [0.1, 0.15) is 5.82 Å². The Kier molecular flexibility index (Phi) is 3.79. The van der Waals surface area contributed by atoms with Crippen molar-refractivity contribution in [2.45, 2.75) is 46.6 Å². The van der Waals surface area contributed by atoms with Gasteiger partial charge in [-0.2, -0.15) is 0 Å². The molecule has 1 aliphatic carbocycles. The molecule has 1 saturated carbocycles. The molecule has 1 unspecified atom stereocenters. The maximum atomic E-state index is 4.54. The molecule has 1 N–H and O–H groups in total. The number of nitrogens with zero attached hydrogens (tertiary/aromatic N) is 2. The van der Waals surface area contributed by atoms with E-state index in [4.69, 9.17) is 0 Å². The first-order chi connectivity index (χ1) is 8.59. The van der Waals surface area contributed by atoms with Crippen LogP contribution in [-0.4, -0.2) is 24.1 Å². The summed E-state index contributed by atoms with van der Waals surface area (Å²) in [5.74, 6) is 1.07. The van der Waals surface area contributed by atoms with Gasteiger partial charge in [-0.3, -0.25) is 0 Å². The lowest BCUT2D eigenvalue weighted by Gasteiger charge is -2.23. The van der Waals surface area contributed by atoms with E-state index in [9.17, 15) is 0 Å². The highest BCUT2D eigenvalue weighted by molar-refractivity contribution is 5.49. The molecule has 1 atom stereocenters. The SMILES string of the molecule is CCN(CC)c1ccc(NC(C)C2(C)CC2)cn1. The van der Waals surface area contributed by atoms with Crippen LogP contribution in [-0.2, 0) is 0 Å². The van der Waals surface area contributed by atoms with E-state index < -0.39 is 0 Å². The van der Waals surface area contributed by atoms with Crippen LogP contribution < -0.4 is 10.2 Å². The summed E-state index contributed by atoms with van der Waals surface area (Å²) in [6.45, 7) is 10.9. The minimum absolute atomic E-state index is 0.498. The molecule has 0 amide bonds. The summed E-state index contributed by atoms with van der Waals surface area (Å²) in [6.07, 6.45) is 4.63. The normalized spacial score (nSPS) is 18.2. The van der Waals surface area contributed by atoms with Crippen molar-refractivity contribution >= 4 is 11.5 Å². The Morgan fingerprint density at radius 3 is 2.44 bits per heavy atom. The summed E-state index contributed by atoms with van der Waals surface area (Å²) in [5, 5.41) is 3.57. The number of nitrogens with one attached hydrogen (secondary N) is 1. The fourth-order valence-electron chi connectivity index (χ4n) is 2.26. The van der Waals surface area contributed by atoms with E-state index in [1.807, 2.05) is 6.20 Å². The maximum Gasteiger partial charge on any atom is 0.128 e. The van der Waals surface area contributed by atoms with E-state index in [2.05, 4.69) is 55.0 Å². The number of hydrogen-bond acceptors (Lipinski definition) is 3. The zero-order valence-electron chi connectivity index (χ0n) is 12.0. The summed E-state index contributed by atoms with van der Waals surface area (Å²) in [7, 11) is 0. The molecule has 0 aromatic carbocycles. The minimum Gasteiger partial charge on any atom is -0.381 e. The van der Waals surface area contributed by atoms with Crippen LogP contribution in [0.4, 0.5) is 11.5 Å². The van der Waals surface area contributed by atoms with Crippen LogP contribution in [0.25, 0.3) is 0 Å². The molecule has 1 fully saturated rings. The molecule has 2 rings (SSSR count). The maximum absolute atomic E-state index is 4.54. The van der Waals surface area contributed by atoms with Crippen molar-refractivity contribution in [1.82, 2.24) is 4.98 Å². The third-order valence-electron chi connectivity index (χ3n) is 4.30. The lowest BCUT2D eigenvalue weighted by molar-refractivity contribution is 0.493. The molecular weight excluding hydrogens is 222 g/mol. The van der Waals surface area contributed by atoms with Gasteiger partial charge in [0.15, 0.2) is 0 Å². The average Bonchev–Trinajstić information content (AvgIpc) is 3.12. The van der Waals surface area contributed by atoms with Crippen LogP contribution in [0.15, 0.2) is 18.3 Å². The molecule has 1 heterocycles. The highest BCUT2D eigenvalue weighted by atomic mass is 15.2. The van der Waals surface area contributed by atoms with Crippen LogP contribution in [0.3, 0.4) is 0 Å². The van der Waals surface area contributed by atoms with Crippen molar-refractivity contribution in [3.8, 4) is 0 Å². The van der Waals surface area contributed by atoms with E-state index in [-0.39, 0.29) is 0 Å². The number of rotatable bonds is 6. The van der Waals surface area contributed by atoms with Crippen LogP contribution >= 0.6 is 0 Å². The third-order valence-corrected chi connectivity index (χ3v) is 4.30. The van der Waals surface area contributed by atoms with Gasteiger partial charge in [0.05, 0.1) is 11.9 Å². The smallest absolute Gasteiger partial charge is 0.128 e. The van der Waals surface area contributed by atoms with Crippen molar-refractivity contribution in [1.29, 1.82) is 0 Å². The minimum atomic E-state index is 0.498. The topological polar surface area (TPSA) is 28.2 Å². The lowest BCUT2D eigenvalue weighted by atomic mass is 10.0. The number of aromatic nitrogens is 1. The summed E-state index contributed by atoms with van der Waals surface area (Å²) >= 11 is 0. The van der Waals surface area contributed by atoms with Gasteiger partial charge in [-0.25, -0.2) is 4.98 Å². The predicted octanol–water partition coefficient (Wildman–Crippen LogP) is 3.53. The van der Waals surface area contributed by atoms with E-state index in [0.29, 0.717) is 11.5 Å². The monoisotopic (exact) mass is 247 g/mol. The first-order valence-electron chi connectivity index (χ1n) is 7.06. The molecule has 0 spiro atoms. The second kappa shape index (κ2) is 5.17. The Hall–Kier alpha value is -1.25. The standard InChI is InChI=1S/C15H25N3/c1-5-18(6-2)14-8-7-13(11-16-14)17-12(3)15(4)9-10-15/h7-8,11-12,17H,5-6,9-10H2,1-4H3. The van der Waals surface area contributed by atoms with Crippen LogP contribution in [0.2, 0.25) is 0 Å². The van der Waals surface area contributed by atoms with Crippen molar-refractivity contribution in [3.05, 3.63) is 18.3 Å². The van der Waals surface area contributed by atoms with Gasteiger partial charge in [-0.05, 0) is 51.2 Å². The molecule has 1 aromatic rings. The molecule has 3 nitrogen and oxygen atoms in total. The van der Waals surface area contributed by atoms with Crippen LogP contribution in [0.5, 0.6) is 0 Å². The first-order valence-corrected chi connectivity index (χ1v) is 7.06. The molecule has 0 radical (unpaired) electrons. The molecule has 0 saturated heterocycles. The molecule has 0 aliphatic heterocycles. The highest BCUT2D eigenvalue weighted by Gasteiger charge is 2.42. The quantitative estimate of drug-likeness (QED) is 0.833. The van der Waals surface area contributed by atoms with Gasteiger partial charge in [0.2, 0.25) is 0 Å². The van der Waals surface area contributed by atoms with Gasteiger partial charge in [-0.1, -0.05) is 6.92 Å². The average molecular weight is 247 g/mol. The molecule has 100 valence electrons. The van der Waals surface area contributed by atoms with E-state index in [0.717, 1.165) is 24.6 Å². The molecule has 1 aromatic heterocycles. The Morgan fingerprint density at radius 1 is 1.33 bits per heavy atom. The fourth-order valence-corrected chi connectivity index (χ4v) is 2.26. The Bertz CT molecular complexity index is 377. The second-order valence-electron chi connectivity index (χ2n) is 5.60. The third kappa shape index (κ3) is 2.77. The molecular formula is C15H25N3. The Morgan fingerprint density at radius 2 is 2.00 bits per heavy atom. The van der Waals surface area contributed by atoms with Gasteiger partial charge >= 0.3 is 0 Å². The highest BCUT2D eigenvalue weighted by Crippen LogP contribution is 2.48. The van der Waals surface area contributed by atoms with Crippen molar-refractivity contribution < 1.29 is 0 Å². The number of anilines is 2. The lowest BCUT2D eigenvalue weighted by Crippen LogP contribution is -2.25. The Balaban J connectivity index is 1.99. The van der Waals surface area contributed by atoms with Gasteiger partial charge < -0.3 is 10.2 Å². The summed E-state index contributed by atoms with van der Waals surface area (Å²) in [5.41, 5.74) is 1.63. The summed E-state index contributed by atoms with van der Waals surface area (Å²) in [6, 6.07) is 4.78. The predicted molar refractivity (Wildman–Crippen MR) is 78.2 cm³/mol. The van der Waals surface area contributed by atoms with E-state index >= 15 is 0 Å². The molecule has 1 aliphatic rings. The summed E-state index contributed by atoms with van der Waals surface area (Å²) < 4.78 is 0. The van der Waals surface area contributed by atoms with Gasteiger partial charge in [0.25, 0.3) is 0 Å². The molecule has 0 bridgehead atoms. The van der Waals surface area contributed by atoms with Crippen LogP contribution in [0, 0.1) is 5.41 Å². The van der Waals surface area contributed by atoms with Crippen LogP contribution in [0.1, 0.15) is 40.5 Å². The summed E-state index contributed by atoms with van der Waals surface area (Å²) in [4.78, 5) is 6.80. The fraction of sp³-hybridized carbons (Fsp3) is 0.667. The Labute approximate surface area is 111 Å². The molecule has 3 heteroatoms. The molecule has 18 heavy (non-hydrogen) atoms. The van der Waals surface area contributed by atoms with Gasteiger partial charge in [-0.15, -0.1) is 0 Å². The van der Waals surface area contributed by atoms with Gasteiger partial charge in [0, 0.05) is 19.1 Å². The largest absolute Gasteiger partial charge is 0.381 e. The van der Waals surface area contributed by atoms with Crippen molar-refractivity contribution in [3.63, 3.8) is 0 Å².